The average Bonchev–Trinajstić information content (AvgIpc) is 2.02. The third kappa shape index (κ3) is 2.80. The molecular formula is C10H18O2. The van der Waals surface area contributed by atoms with Gasteiger partial charge in [0.25, 0.3) is 0 Å². The van der Waals surface area contributed by atoms with E-state index in [9.17, 15) is 5.11 Å². The van der Waals surface area contributed by atoms with Gasteiger partial charge in [-0.25, -0.2) is 0 Å². The smallest absolute Gasteiger partial charge is 0.0833 e. The second kappa shape index (κ2) is 4.43. The molecule has 0 amide bonds. The van der Waals surface area contributed by atoms with E-state index in [-0.39, 0.29) is 6.61 Å². The third-order valence-electron chi connectivity index (χ3n) is 1.97. The Balaban J connectivity index is 4.53. The number of aliphatic hydroxyl groups excluding tert-OH is 2. The molecule has 0 spiro atoms. The summed E-state index contributed by atoms with van der Waals surface area (Å²) < 4.78 is 0. The van der Waals surface area contributed by atoms with Crippen molar-refractivity contribution in [2.24, 2.45) is 5.41 Å². The second-order valence-electron chi connectivity index (χ2n) is 3.56. The number of hydrogen-bond donors (Lipinski definition) is 2. The average molecular weight is 170 g/mol. The van der Waals surface area contributed by atoms with Crippen LogP contribution < -0.4 is 0 Å². The van der Waals surface area contributed by atoms with Crippen LogP contribution in [0.15, 0.2) is 24.3 Å². The molecule has 70 valence electrons. The molecule has 0 aliphatic carbocycles. The van der Waals surface area contributed by atoms with Gasteiger partial charge in [0.2, 0.25) is 0 Å². The van der Waals surface area contributed by atoms with E-state index in [1.165, 1.54) is 0 Å². The molecule has 0 bridgehead atoms. The fourth-order valence-corrected chi connectivity index (χ4v) is 0.785. The molecule has 12 heavy (non-hydrogen) atoms. The van der Waals surface area contributed by atoms with Crippen LogP contribution in [-0.2, 0) is 0 Å². The Kier molecular flexibility index (Phi) is 4.21. The molecule has 0 aliphatic rings. The molecule has 0 aliphatic heterocycles. The number of hydrogen-bond acceptors (Lipinski definition) is 2. The topological polar surface area (TPSA) is 40.5 Å². The van der Waals surface area contributed by atoms with E-state index in [2.05, 4.69) is 6.58 Å². The van der Waals surface area contributed by atoms with E-state index in [0.717, 1.165) is 5.57 Å². The molecule has 0 heterocycles. The first-order valence-electron chi connectivity index (χ1n) is 4.04. The third-order valence-corrected chi connectivity index (χ3v) is 1.97. The monoisotopic (exact) mass is 170 g/mol. The predicted octanol–water partition coefficient (Wildman–Crippen LogP) is 1.50. The zero-order valence-corrected chi connectivity index (χ0v) is 8.04. The highest BCUT2D eigenvalue weighted by Crippen LogP contribution is 2.23. The van der Waals surface area contributed by atoms with Crippen LogP contribution in [0.5, 0.6) is 0 Å². The molecule has 0 fully saturated rings. The summed E-state index contributed by atoms with van der Waals surface area (Å²) in [6, 6.07) is 0. The number of aliphatic hydroxyl groups is 2. The zero-order chi connectivity index (χ0) is 9.78. The van der Waals surface area contributed by atoms with Gasteiger partial charge in [0.1, 0.15) is 0 Å². The first-order valence-corrected chi connectivity index (χ1v) is 4.04. The maximum absolute atomic E-state index is 9.63. The van der Waals surface area contributed by atoms with Crippen LogP contribution in [0.4, 0.5) is 0 Å². The van der Waals surface area contributed by atoms with Crippen LogP contribution in [0, 0.1) is 5.41 Å². The molecule has 0 saturated heterocycles. The van der Waals surface area contributed by atoms with E-state index in [1.54, 1.807) is 19.1 Å². The summed E-state index contributed by atoms with van der Waals surface area (Å²) in [6.45, 7) is 9.07. The Bertz CT molecular complexity index is 180. The second-order valence-corrected chi connectivity index (χ2v) is 3.56. The maximum atomic E-state index is 9.63. The van der Waals surface area contributed by atoms with Crippen molar-refractivity contribution in [2.75, 3.05) is 6.61 Å². The fourth-order valence-electron chi connectivity index (χ4n) is 0.785. The standard InChI is InChI=1S/C10H18O2/c1-5-10(4,7-11)9(12)6-8(2)3/h5-6,9,11-12H,1,7H2,2-4H3. The fraction of sp³-hybridized carbons (Fsp3) is 0.600. The highest BCUT2D eigenvalue weighted by Gasteiger charge is 2.26. The number of allylic oxidation sites excluding steroid dienone is 1. The highest BCUT2D eigenvalue weighted by atomic mass is 16.3. The van der Waals surface area contributed by atoms with E-state index < -0.39 is 11.5 Å². The molecule has 2 N–H and O–H groups in total. The van der Waals surface area contributed by atoms with E-state index >= 15 is 0 Å². The van der Waals surface area contributed by atoms with Crippen LogP contribution >= 0.6 is 0 Å². The molecule has 0 aromatic rings. The minimum Gasteiger partial charge on any atom is -0.395 e. The Labute approximate surface area is 74.2 Å². The van der Waals surface area contributed by atoms with Gasteiger partial charge in [-0.3, -0.25) is 0 Å². The van der Waals surface area contributed by atoms with Crippen LogP contribution in [0.3, 0.4) is 0 Å². The highest BCUT2D eigenvalue weighted by molar-refractivity contribution is 5.08. The van der Waals surface area contributed by atoms with E-state index in [1.807, 2.05) is 13.8 Å². The number of rotatable bonds is 4. The summed E-state index contributed by atoms with van der Waals surface area (Å²) in [5, 5.41) is 18.6. The van der Waals surface area contributed by atoms with Gasteiger partial charge in [-0.05, 0) is 13.8 Å². The summed E-state index contributed by atoms with van der Waals surface area (Å²) in [4.78, 5) is 0. The molecule has 0 saturated carbocycles. The summed E-state index contributed by atoms with van der Waals surface area (Å²) in [7, 11) is 0. The van der Waals surface area contributed by atoms with Crippen LogP contribution in [0.2, 0.25) is 0 Å². The first kappa shape index (κ1) is 11.4. The van der Waals surface area contributed by atoms with Crippen LogP contribution in [-0.4, -0.2) is 22.9 Å². The Morgan fingerprint density at radius 2 is 2.08 bits per heavy atom. The van der Waals surface area contributed by atoms with Gasteiger partial charge >= 0.3 is 0 Å². The lowest BCUT2D eigenvalue weighted by Gasteiger charge is -2.27. The lowest BCUT2D eigenvalue weighted by molar-refractivity contribution is 0.0593. The first-order chi connectivity index (χ1) is 5.46. The summed E-state index contributed by atoms with van der Waals surface area (Å²) in [5.41, 5.74) is 0.404. The minimum absolute atomic E-state index is 0.0958. The normalized spacial score (nSPS) is 17.8. The zero-order valence-electron chi connectivity index (χ0n) is 8.04. The van der Waals surface area contributed by atoms with Gasteiger partial charge in [0.15, 0.2) is 0 Å². The molecule has 2 atom stereocenters. The van der Waals surface area contributed by atoms with E-state index in [4.69, 9.17) is 5.11 Å². The predicted molar refractivity (Wildman–Crippen MR) is 50.8 cm³/mol. The quantitative estimate of drug-likeness (QED) is 0.628. The largest absolute Gasteiger partial charge is 0.395 e. The van der Waals surface area contributed by atoms with Crippen molar-refractivity contribution in [3.63, 3.8) is 0 Å². The lowest BCUT2D eigenvalue weighted by atomic mass is 9.84. The van der Waals surface area contributed by atoms with Crippen molar-refractivity contribution in [2.45, 2.75) is 26.9 Å². The van der Waals surface area contributed by atoms with Crippen molar-refractivity contribution in [1.29, 1.82) is 0 Å². The van der Waals surface area contributed by atoms with Crippen molar-refractivity contribution in [3.05, 3.63) is 24.3 Å². The molecule has 2 heteroatoms. The van der Waals surface area contributed by atoms with Gasteiger partial charge < -0.3 is 10.2 Å². The van der Waals surface area contributed by atoms with Gasteiger partial charge in [-0.2, -0.15) is 0 Å². The van der Waals surface area contributed by atoms with Gasteiger partial charge in [0, 0.05) is 5.41 Å². The Morgan fingerprint density at radius 1 is 1.58 bits per heavy atom. The Hall–Kier alpha value is -0.600. The molecule has 0 radical (unpaired) electrons. The van der Waals surface area contributed by atoms with Crippen molar-refractivity contribution in [1.82, 2.24) is 0 Å². The van der Waals surface area contributed by atoms with Crippen molar-refractivity contribution < 1.29 is 10.2 Å². The van der Waals surface area contributed by atoms with Gasteiger partial charge in [-0.1, -0.05) is 24.6 Å². The van der Waals surface area contributed by atoms with Gasteiger partial charge in [-0.15, -0.1) is 6.58 Å². The molecule has 0 aromatic carbocycles. The molecular weight excluding hydrogens is 152 g/mol. The van der Waals surface area contributed by atoms with Crippen molar-refractivity contribution >= 4 is 0 Å². The molecule has 2 unspecified atom stereocenters. The molecule has 2 nitrogen and oxygen atoms in total. The van der Waals surface area contributed by atoms with Gasteiger partial charge in [0.05, 0.1) is 12.7 Å². The summed E-state index contributed by atoms with van der Waals surface area (Å²) >= 11 is 0. The van der Waals surface area contributed by atoms with Crippen molar-refractivity contribution in [3.8, 4) is 0 Å². The Morgan fingerprint density at radius 3 is 2.33 bits per heavy atom. The minimum atomic E-state index is -0.662. The summed E-state index contributed by atoms with van der Waals surface area (Å²) in [6.07, 6.45) is 2.64. The lowest BCUT2D eigenvalue weighted by Crippen LogP contribution is -2.32. The molecule has 0 rings (SSSR count). The van der Waals surface area contributed by atoms with Crippen LogP contribution in [0.25, 0.3) is 0 Å². The summed E-state index contributed by atoms with van der Waals surface area (Å²) in [5.74, 6) is 0. The van der Waals surface area contributed by atoms with Crippen LogP contribution in [0.1, 0.15) is 20.8 Å². The SMILES string of the molecule is C=CC(C)(CO)C(O)C=C(C)C. The maximum Gasteiger partial charge on any atom is 0.0833 e. The van der Waals surface area contributed by atoms with E-state index in [0.29, 0.717) is 0 Å². The molecule has 0 aromatic heterocycles.